The van der Waals surface area contributed by atoms with Crippen LogP contribution in [0.1, 0.15) is 5.56 Å². The summed E-state index contributed by atoms with van der Waals surface area (Å²) in [7, 11) is 0. The summed E-state index contributed by atoms with van der Waals surface area (Å²) < 4.78 is 1.03. The maximum Gasteiger partial charge on any atom is 0.0923 e. The van der Waals surface area contributed by atoms with Crippen molar-refractivity contribution in [3.63, 3.8) is 0 Å². The summed E-state index contributed by atoms with van der Waals surface area (Å²) in [5, 5.41) is 0. The van der Waals surface area contributed by atoms with Gasteiger partial charge in [-0.25, -0.2) is 9.97 Å². The topological polar surface area (TPSA) is 25.8 Å². The van der Waals surface area contributed by atoms with Crippen LogP contribution in [0.2, 0.25) is 0 Å². The Morgan fingerprint density at radius 3 is 2.69 bits per heavy atom. The van der Waals surface area contributed by atoms with Gasteiger partial charge in [0.2, 0.25) is 0 Å². The minimum absolute atomic E-state index is 0.927. The van der Waals surface area contributed by atoms with Gasteiger partial charge >= 0.3 is 0 Å². The average Bonchev–Trinajstić information content (AvgIpc) is 2.28. The Kier molecular flexibility index (Phi) is 2.14. The predicted molar refractivity (Wildman–Crippen MR) is 69.5 cm³/mol. The Balaban J connectivity index is 2.49. The number of hydrogen-bond donors (Lipinski definition) is 0. The van der Waals surface area contributed by atoms with E-state index >= 15 is 0 Å². The SMILES string of the molecule is Cc1cccc2nc3ccc(Br)cc3nc12. The molecule has 0 fully saturated rings. The number of nitrogens with zero attached hydrogens (tertiary/aromatic N) is 2. The zero-order valence-corrected chi connectivity index (χ0v) is 10.3. The first-order valence-corrected chi connectivity index (χ1v) is 5.86. The Bertz CT molecular complexity index is 692. The van der Waals surface area contributed by atoms with Crippen LogP contribution in [0.25, 0.3) is 22.1 Å². The van der Waals surface area contributed by atoms with E-state index in [0.717, 1.165) is 32.1 Å². The van der Waals surface area contributed by atoms with Gasteiger partial charge in [-0.2, -0.15) is 0 Å². The third-order valence-corrected chi connectivity index (χ3v) is 3.12. The molecule has 0 atom stereocenters. The van der Waals surface area contributed by atoms with Gasteiger partial charge in [0.05, 0.1) is 22.1 Å². The highest BCUT2D eigenvalue weighted by Crippen LogP contribution is 2.21. The van der Waals surface area contributed by atoms with Gasteiger partial charge in [0.1, 0.15) is 0 Å². The van der Waals surface area contributed by atoms with Crippen LogP contribution in [0.3, 0.4) is 0 Å². The molecule has 0 aliphatic heterocycles. The molecule has 0 aliphatic rings. The standard InChI is InChI=1S/C13H9BrN2/c1-8-3-2-4-11-13(8)16-12-7-9(14)5-6-10(12)15-11/h2-7H,1H3. The van der Waals surface area contributed by atoms with Gasteiger partial charge in [0.25, 0.3) is 0 Å². The van der Waals surface area contributed by atoms with Gasteiger partial charge in [-0.15, -0.1) is 0 Å². The Morgan fingerprint density at radius 2 is 1.81 bits per heavy atom. The van der Waals surface area contributed by atoms with E-state index in [9.17, 15) is 0 Å². The number of fused-ring (bicyclic) bond motifs is 2. The summed E-state index contributed by atoms with van der Waals surface area (Å²) in [6, 6.07) is 12.0. The quantitative estimate of drug-likeness (QED) is 0.581. The Labute approximate surface area is 101 Å². The molecule has 3 aromatic rings. The maximum absolute atomic E-state index is 4.65. The van der Waals surface area contributed by atoms with Gasteiger partial charge in [-0.1, -0.05) is 28.1 Å². The van der Waals surface area contributed by atoms with Gasteiger partial charge in [-0.05, 0) is 36.8 Å². The molecule has 0 saturated heterocycles. The van der Waals surface area contributed by atoms with Crippen molar-refractivity contribution in [1.29, 1.82) is 0 Å². The second-order valence-corrected chi connectivity index (χ2v) is 4.71. The lowest BCUT2D eigenvalue weighted by molar-refractivity contribution is 1.35. The van der Waals surface area contributed by atoms with E-state index in [1.54, 1.807) is 0 Å². The second-order valence-electron chi connectivity index (χ2n) is 3.80. The molecule has 16 heavy (non-hydrogen) atoms. The molecular weight excluding hydrogens is 264 g/mol. The molecule has 0 saturated carbocycles. The van der Waals surface area contributed by atoms with Crippen LogP contribution in [-0.4, -0.2) is 9.97 Å². The van der Waals surface area contributed by atoms with Gasteiger partial charge in [0, 0.05) is 4.47 Å². The molecule has 0 aliphatic carbocycles. The fourth-order valence-electron chi connectivity index (χ4n) is 1.81. The third kappa shape index (κ3) is 1.48. The lowest BCUT2D eigenvalue weighted by Crippen LogP contribution is -1.89. The first-order chi connectivity index (χ1) is 7.74. The van der Waals surface area contributed by atoms with Crippen molar-refractivity contribution < 1.29 is 0 Å². The highest BCUT2D eigenvalue weighted by Gasteiger charge is 2.03. The zero-order valence-electron chi connectivity index (χ0n) is 8.74. The summed E-state index contributed by atoms with van der Waals surface area (Å²) in [5.74, 6) is 0. The highest BCUT2D eigenvalue weighted by molar-refractivity contribution is 9.10. The molecule has 0 bridgehead atoms. The molecule has 2 nitrogen and oxygen atoms in total. The normalized spacial score (nSPS) is 11.1. The fraction of sp³-hybridized carbons (Fsp3) is 0.0769. The summed E-state index contributed by atoms with van der Waals surface area (Å²) in [4.78, 5) is 9.24. The monoisotopic (exact) mass is 272 g/mol. The summed E-state index contributed by atoms with van der Waals surface area (Å²) in [6.07, 6.45) is 0. The maximum atomic E-state index is 4.65. The molecule has 0 amide bonds. The highest BCUT2D eigenvalue weighted by atomic mass is 79.9. The van der Waals surface area contributed by atoms with Crippen molar-refractivity contribution in [3.05, 3.63) is 46.4 Å². The van der Waals surface area contributed by atoms with E-state index in [0.29, 0.717) is 0 Å². The molecular formula is C13H9BrN2. The van der Waals surface area contributed by atoms with Crippen LogP contribution in [-0.2, 0) is 0 Å². The first-order valence-electron chi connectivity index (χ1n) is 5.07. The predicted octanol–water partition coefficient (Wildman–Crippen LogP) is 3.85. The van der Waals surface area contributed by atoms with E-state index in [1.807, 2.05) is 30.3 Å². The molecule has 0 spiro atoms. The fourth-order valence-corrected chi connectivity index (χ4v) is 2.16. The lowest BCUT2D eigenvalue weighted by Gasteiger charge is -2.03. The Morgan fingerprint density at radius 1 is 0.938 bits per heavy atom. The molecule has 0 unspecified atom stereocenters. The smallest absolute Gasteiger partial charge is 0.0923 e. The molecule has 1 aromatic heterocycles. The number of hydrogen-bond acceptors (Lipinski definition) is 2. The van der Waals surface area contributed by atoms with Crippen LogP contribution < -0.4 is 0 Å². The number of aryl methyl sites for hydroxylation is 1. The molecule has 0 N–H and O–H groups in total. The van der Waals surface area contributed by atoms with E-state index < -0.39 is 0 Å². The number of aromatic nitrogens is 2. The average molecular weight is 273 g/mol. The molecule has 3 rings (SSSR count). The van der Waals surface area contributed by atoms with Gasteiger partial charge < -0.3 is 0 Å². The van der Waals surface area contributed by atoms with Crippen LogP contribution in [0.5, 0.6) is 0 Å². The van der Waals surface area contributed by atoms with Crippen molar-refractivity contribution in [1.82, 2.24) is 9.97 Å². The molecule has 78 valence electrons. The van der Waals surface area contributed by atoms with Crippen LogP contribution >= 0.6 is 15.9 Å². The number of benzene rings is 2. The summed E-state index contributed by atoms with van der Waals surface area (Å²) >= 11 is 3.45. The van der Waals surface area contributed by atoms with Crippen LogP contribution in [0, 0.1) is 6.92 Å². The Hall–Kier alpha value is -1.48. The second kappa shape index (κ2) is 3.52. The molecule has 3 heteroatoms. The number of rotatable bonds is 0. The molecule has 1 heterocycles. The van der Waals surface area contributed by atoms with Crippen LogP contribution in [0.4, 0.5) is 0 Å². The minimum atomic E-state index is 0.927. The van der Waals surface area contributed by atoms with E-state index in [1.165, 1.54) is 0 Å². The largest absolute Gasteiger partial charge is 0.244 e. The summed E-state index contributed by atoms with van der Waals surface area (Å²) in [6.45, 7) is 2.06. The van der Waals surface area contributed by atoms with E-state index in [4.69, 9.17) is 0 Å². The lowest BCUT2D eigenvalue weighted by atomic mass is 10.2. The van der Waals surface area contributed by atoms with E-state index in [-0.39, 0.29) is 0 Å². The van der Waals surface area contributed by atoms with Crippen molar-refractivity contribution in [2.45, 2.75) is 6.92 Å². The van der Waals surface area contributed by atoms with Gasteiger partial charge in [0.15, 0.2) is 0 Å². The number of para-hydroxylation sites is 1. The van der Waals surface area contributed by atoms with Crippen molar-refractivity contribution in [2.24, 2.45) is 0 Å². The third-order valence-electron chi connectivity index (χ3n) is 2.63. The first kappa shape index (κ1) is 9.73. The van der Waals surface area contributed by atoms with E-state index in [2.05, 4.69) is 38.9 Å². The zero-order chi connectivity index (χ0) is 11.1. The molecule has 2 aromatic carbocycles. The van der Waals surface area contributed by atoms with Gasteiger partial charge in [-0.3, -0.25) is 0 Å². The minimum Gasteiger partial charge on any atom is -0.244 e. The van der Waals surface area contributed by atoms with Crippen molar-refractivity contribution in [3.8, 4) is 0 Å². The van der Waals surface area contributed by atoms with Crippen LogP contribution in [0.15, 0.2) is 40.9 Å². The van der Waals surface area contributed by atoms with Crippen molar-refractivity contribution >= 4 is 38.0 Å². The summed E-state index contributed by atoms with van der Waals surface area (Å²) in [5.41, 5.74) is 4.95. The molecule has 0 radical (unpaired) electrons. The number of halogens is 1. The van der Waals surface area contributed by atoms with Crippen molar-refractivity contribution in [2.75, 3.05) is 0 Å².